The van der Waals surface area contributed by atoms with Gasteiger partial charge in [0.05, 0.1) is 0 Å². The Kier molecular flexibility index (Phi) is 3.10. The van der Waals surface area contributed by atoms with Crippen molar-refractivity contribution in [3.05, 3.63) is 23.8 Å². The Labute approximate surface area is 94.3 Å². The number of nitrogens with two attached hydrogens (primary N) is 1. The van der Waals surface area contributed by atoms with E-state index < -0.39 is 0 Å². The minimum Gasteiger partial charge on any atom is -0.454 e. The van der Waals surface area contributed by atoms with Crippen molar-refractivity contribution in [3.8, 4) is 11.5 Å². The molecule has 0 radical (unpaired) electrons. The molecular formula is C12H15NO3. The van der Waals surface area contributed by atoms with Gasteiger partial charge in [0.25, 0.3) is 0 Å². The quantitative estimate of drug-likeness (QED) is 0.786. The van der Waals surface area contributed by atoms with Gasteiger partial charge < -0.3 is 15.2 Å². The standard InChI is InChI=1S/C12H15NO3/c1-8(13)2-4-10(14)9-3-5-11-12(6-9)16-7-15-11/h3,5-6,8H,2,4,7,13H2,1H3. The summed E-state index contributed by atoms with van der Waals surface area (Å²) in [5, 5.41) is 0. The normalized spacial score (nSPS) is 14.9. The second-order valence-corrected chi connectivity index (χ2v) is 4.01. The number of hydrogen-bond donors (Lipinski definition) is 1. The fraction of sp³-hybridized carbons (Fsp3) is 0.417. The van der Waals surface area contributed by atoms with E-state index in [1.54, 1.807) is 18.2 Å². The number of rotatable bonds is 4. The van der Waals surface area contributed by atoms with Gasteiger partial charge in [0.15, 0.2) is 17.3 Å². The molecule has 0 bridgehead atoms. The SMILES string of the molecule is CC(N)CCC(=O)c1ccc2c(c1)OCO2. The van der Waals surface area contributed by atoms with Crippen LogP contribution in [0.1, 0.15) is 30.1 Å². The Morgan fingerprint density at radius 1 is 1.44 bits per heavy atom. The van der Waals surface area contributed by atoms with E-state index in [1.807, 2.05) is 6.92 Å². The average Bonchev–Trinajstić information content (AvgIpc) is 2.72. The summed E-state index contributed by atoms with van der Waals surface area (Å²) in [5.41, 5.74) is 6.27. The van der Waals surface area contributed by atoms with Crippen molar-refractivity contribution in [2.45, 2.75) is 25.8 Å². The fourth-order valence-electron chi connectivity index (χ4n) is 1.57. The summed E-state index contributed by atoms with van der Waals surface area (Å²) in [4.78, 5) is 11.8. The number of carbonyl (C=O) groups excluding carboxylic acids is 1. The van der Waals surface area contributed by atoms with Gasteiger partial charge >= 0.3 is 0 Å². The van der Waals surface area contributed by atoms with Crippen LogP contribution in [-0.2, 0) is 0 Å². The second kappa shape index (κ2) is 4.53. The smallest absolute Gasteiger partial charge is 0.231 e. The van der Waals surface area contributed by atoms with Crippen LogP contribution in [0.15, 0.2) is 18.2 Å². The molecule has 1 aromatic carbocycles. The summed E-state index contributed by atoms with van der Waals surface area (Å²) >= 11 is 0. The lowest BCUT2D eigenvalue weighted by Crippen LogP contribution is -2.16. The number of hydrogen-bond acceptors (Lipinski definition) is 4. The van der Waals surface area contributed by atoms with E-state index in [0.717, 1.165) is 0 Å². The van der Waals surface area contributed by atoms with Crippen molar-refractivity contribution in [1.82, 2.24) is 0 Å². The van der Waals surface area contributed by atoms with Crippen molar-refractivity contribution in [3.63, 3.8) is 0 Å². The van der Waals surface area contributed by atoms with E-state index in [-0.39, 0.29) is 18.6 Å². The number of ether oxygens (including phenoxy) is 2. The van der Waals surface area contributed by atoms with Crippen LogP contribution >= 0.6 is 0 Å². The largest absolute Gasteiger partial charge is 0.454 e. The molecule has 1 aromatic rings. The molecule has 1 heterocycles. The van der Waals surface area contributed by atoms with Crippen molar-refractivity contribution in [1.29, 1.82) is 0 Å². The maximum atomic E-state index is 11.8. The Hall–Kier alpha value is -1.55. The number of ketones is 1. The molecule has 2 rings (SSSR count). The Morgan fingerprint density at radius 2 is 2.19 bits per heavy atom. The van der Waals surface area contributed by atoms with Crippen LogP contribution in [0.4, 0.5) is 0 Å². The van der Waals surface area contributed by atoms with Gasteiger partial charge in [-0.15, -0.1) is 0 Å². The molecule has 0 aliphatic carbocycles. The highest BCUT2D eigenvalue weighted by Crippen LogP contribution is 2.32. The molecule has 4 nitrogen and oxygen atoms in total. The summed E-state index contributed by atoms with van der Waals surface area (Å²) in [7, 11) is 0. The topological polar surface area (TPSA) is 61.6 Å². The van der Waals surface area contributed by atoms with E-state index in [4.69, 9.17) is 15.2 Å². The average molecular weight is 221 g/mol. The first-order valence-electron chi connectivity index (χ1n) is 5.35. The molecule has 1 unspecified atom stereocenters. The minimum atomic E-state index is 0.0537. The van der Waals surface area contributed by atoms with Gasteiger partial charge in [-0.2, -0.15) is 0 Å². The number of carbonyl (C=O) groups is 1. The van der Waals surface area contributed by atoms with E-state index in [9.17, 15) is 4.79 Å². The van der Waals surface area contributed by atoms with Crippen LogP contribution in [0.3, 0.4) is 0 Å². The summed E-state index contributed by atoms with van der Waals surface area (Å²) in [6, 6.07) is 5.31. The number of Topliss-reactive ketones (excluding diaryl/α,β-unsaturated/α-hetero) is 1. The molecule has 2 N–H and O–H groups in total. The van der Waals surface area contributed by atoms with Crippen LogP contribution in [0.2, 0.25) is 0 Å². The molecule has 0 saturated heterocycles. The maximum Gasteiger partial charge on any atom is 0.231 e. The minimum absolute atomic E-state index is 0.0537. The molecule has 0 fully saturated rings. The van der Waals surface area contributed by atoms with Gasteiger partial charge in [-0.05, 0) is 31.5 Å². The fourth-order valence-corrected chi connectivity index (χ4v) is 1.57. The molecule has 16 heavy (non-hydrogen) atoms. The summed E-state index contributed by atoms with van der Waals surface area (Å²) in [6.07, 6.45) is 1.17. The first-order chi connectivity index (χ1) is 7.66. The highest BCUT2D eigenvalue weighted by molar-refractivity contribution is 5.96. The molecular weight excluding hydrogens is 206 g/mol. The lowest BCUT2D eigenvalue weighted by atomic mass is 10.0. The van der Waals surface area contributed by atoms with Crippen LogP contribution < -0.4 is 15.2 Å². The second-order valence-electron chi connectivity index (χ2n) is 4.01. The monoisotopic (exact) mass is 221 g/mol. The van der Waals surface area contributed by atoms with Crippen molar-refractivity contribution in [2.75, 3.05) is 6.79 Å². The van der Waals surface area contributed by atoms with Gasteiger partial charge in [0, 0.05) is 18.0 Å². The summed E-state index contributed by atoms with van der Waals surface area (Å²) < 4.78 is 10.4. The summed E-state index contributed by atoms with van der Waals surface area (Å²) in [6.45, 7) is 2.12. The predicted octanol–water partition coefficient (Wildman–Crippen LogP) is 1.73. The van der Waals surface area contributed by atoms with Crippen LogP contribution in [0, 0.1) is 0 Å². The Morgan fingerprint density at radius 3 is 2.94 bits per heavy atom. The molecule has 0 amide bonds. The molecule has 1 atom stereocenters. The zero-order valence-corrected chi connectivity index (χ0v) is 9.23. The molecule has 1 aliphatic heterocycles. The number of fused-ring (bicyclic) bond motifs is 1. The third kappa shape index (κ3) is 2.33. The zero-order chi connectivity index (χ0) is 11.5. The van der Waals surface area contributed by atoms with Gasteiger partial charge in [-0.3, -0.25) is 4.79 Å². The Bertz CT molecular complexity index is 401. The highest BCUT2D eigenvalue weighted by Gasteiger charge is 2.16. The van der Waals surface area contributed by atoms with Crippen molar-refractivity contribution >= 4 is 5.78 Å². The molecule has 86 valence electrons. The van der Waals surface area contributed by atoms with Crippen LogP contribution in [0.25, 0.3) is 0 Å². The predicted molar refractivity (Wildman–Crippen MR) is 59.8 cm³/mol. The molecule has 4 heteroatoms. The number of benzene rings is 1. The Balaban J connectivity index is 2.06. The maximum absolute atomic E-state index is 11.8. The van der Waals surface area contributed by atoms with E-state index in [2.05, 4.69) is 0 Å². The van der Waals surface area contributed by atoms with Gasteiger partial charge in [-0.25, -0.2) is 0 Å². The molecule has 0 saturated carbocycles. The summed E-state index contributed by atoms with van der Waals surface area (Å²) in [5.74, 6) is 1.44. The van der Waals surface area contributed by atoms with Crippen LogP contribution in [0.5, 0.6) is 11.5 Å². The van der Waals surface area contributed by atoms with E-state index in [1.165, 1.54) is 0 Å². The van der Waals surface area contributed by atoms with E-state index in [0.29, 0.717) is 29.9 Å². The van der Waals surface area contributed by atoms with Crippen LogP contribution in [-0.4, -0.2) is 18.6 Å². The first kappa shape index (κ1) is 11.0. The molecule has 0 aromatic heterocycles. The third-order valence-electron chi connectivity index (χ3n) is 2.52. The molecule has 1 aliphatic rings. The van der Waals surface area contributed by atoms with Gasteiger partial charge in [0.1, 0.15) is 0 Å². The lowest BCUT2D eigenvalue weighted by molar-refractivity contribution is 0.0977. The van der Waals surface area contributed by atoms with Gasteiger partial charge in [-0.1, -0.05) is 0 Å². The first-order valence-corrected chi connectivity index (χ1v) is 5.35. The highest BCUT2D eigenvalue weighted by atomic mass is 16.7. The van der Waals surface area contributed by atoms with Crippen molar-refractivity contribution in [2.24, 2.45) is 5.73 Å². The van der Waals surface area contributed by atoms with Gasteiger partial charge in [0.2, 0.25) is 6.79 Å². The molecule has 0 spiro atoms. The zero-order valence-electron chi connectivity index (χ0n) is 9.23. The lowest BCUT2D eigenvalue weighted by Gasteiger charge is -2.04. The van der Waals surface area contributed by atoms with Crippen molar-refractivity contribution < 1.29 is 14.3 Å². The van der Waals surface area contributed by atoms with E-state index >= 15 is 0 Å². The third-order valence-corrected chi connectivity index (χ3v) is 2.52.